The first kappa shape index (κ1) is 27.2. The van der Waals surface area contributed by atoms with Gasteiger partial charge in [0, 0.05) is 39.3 Å². The number of fused-ring (bicyclic) bond motifs is 6. The molecule has 214 valence electrons. The van der Waals surface area contributed by atoms with Gasteiger partial charge in [-0.25, -0.2) is 9.97 Å². The smallest absolute Gasteiger partial charge is 0.137 e. The first-order valence-electron chi connectivity index (χ1n) is 15.6. The van der Waals surface area contributed by atoms with Gasteiger partial charge in [-0.1, -0.05) is 94.1 Å². The van der Waals surface area contributed by atoms with Crippen LogP contribution in [0, 0.1) is 0 Å². The van der Waals surface area contributed by atoms with E-state index < -0.39 is 0 Å². The number of rotatable bonds is 9. The van der Waals surface area contributed by atoms with Crippen molar-refractivity contribution in [2.24, 2.45) is 0 Å². The van der Waals surface area contributed by atoms with Crippen LogP contribution in [-0.4, -0.2) is 15.1 Å². The minimum atomic E-state index is -0.128. The highest BCUT2D eigenvalue weighted by Gasteiger charge is 2.44. The van der Waals surface area contributed by atoms with Crippen molar-refractivity contribution >= 4 is 38.9 Å². The van der Waals surface area contributed by atoms with Gasteiger partial charge in [0.1, 0.15) is 11.6 Å². The molecule has 1 N–H and O–H groups in total. The average molecular weight is 564 g/mol. The third kappa shape index (κ3) is 4.53. The lowest BCUT2D eigenvalue weighted by atomic mass is 9.71. The molecule has 4 heteroatoms. The zero-order chi connectivity index (χ0) is 29.4. The van der Waals surface area contributed by atoms with E-state index in [9.17, 15) is 5.11 Å². The Hall–Kier alpha value is -4.70. The number of phenolic OH excluding ortho intramolecular Hbond substituents is 1. The lowest BCUT2D eigenvalue weighted by Gasteiger charge is -2.32. The van der Waals surface area contributed by atoms with Crippen molar-refractivity contribution in [2.75, 3.05) is 4.90 Å². The molecule has 0 unspecified atom stereocenters. The minimum Gasteiger partial charge on any atom is -0.507 e. The molecule has 7 rings (SSSR count). The van der Waals surface area contributed by atoms with Crippen molar-refractivity contribution in [1.29, 1.82) is 0 Å². The van der Waals surface area contributed by atoms with Gasteiger partial charge in [-0.2, -0.15) is 0 Å². The number of hydrogen-bond donors (Lipinski definition) is 1. The highest BCUT2D eigenvalue weighted by molar-refractivity contribution is 6.08. The zero-order valence-electron chi connectivity index (χ0n) is 24.9. The van der Waals surface area contributed by atoms with E-state index in [1.165, 1.54) is 11.1 Å². The minimum absolute atomic E-state index is 0.128. The quantitative estimate of drug-likeness (QED) is 0.178. The van der Waals surface area contributed by atoms with Gasteiger partial charge in [-0.3, -0.25) is 4.90 Å². The molecule has 0 amide bonds. The van der Waals surface area contributed by atoms with Gasteiger partial charge in [0.25, 0.3) is 0 Å². The summed E-state index contributed by atoms with van der Waals surface area (Å²) in [6.45, 7) is 4.53. The Labute approximate surface area is 253 Å². The molecule has 0 saturated carbocycles. The molecule has 0 bridgehead atoms. The maximum Gasteiger partial charge on any atom is 0.137 e. The first-order valence-corrected chi connectivity index (χ1v) is 15.6. The number of aromatic nitrogens is 2. The topological polar surface area (TPSA) is 49.2 Å². The second kappa shape index (κ2) is 11.2. The van der Waals surface area contributed by atoms with Crippen LogP contribution in [0.2, 0.25) is 0 Å². The maximum absolute atomic E-state index is 11.3. The number of nitrogens with zero attached hydrogens (tertiary/aromatic N) is 3. The normalized spacial score (nSPS) is 13.3. The summed E-state index contributed by atoms with van der Waals surface area (Å²) in [6.07, 6.45) is 8.52. The van der Waals surface area contributed by atoms with Crippen LogP contribution in [0.5, 0.6) is 5.75 Å². The predicted molar refractivity (Wildman–Crippen MR) is 179 cm³/mol. The predicted octanol–water partition coefficient (Wildman–Crippen LogP) is 10.6. The lowest BCUT2D eigenvalue weighted by molar-refractivity contribution is 0.412. The summed E-state index contributed by atoms with van der Waals surface area (Å²) in [5.41, 5.74) is 7.27. The van der Waals surface area contributed by atoms with Crippen LogP contribution in [0.4, 0.5) is 17.2 Å². The Kier molecular flexibility index (Phi) is 7.06. The molecule has 0 aliphatic heterocycles. The molecule has 0 spiro atoms. The van der Waals surface area contributed by atoms with Crippen LogP contribution in [0.15, 0.2) is 109 Å². The molecule has 1 aliphatic rings. The molecule has 4 aromatic carbocycles. The Bertz CT molecular complexity index is 1870. The van der Waals surface area contributed by atoms with E-state index in [2.05, 4.69) is 85.5 Å². The molecule has 1 aliphatic carbocycles. The standard InChI is InChI=1S/C39H37N3O/c1-3-5-22-39(23-6-4-2)32-15-12-16-34(43)36(32)38-33(39)25-28-19-18-27-20-21-30(26-31(27)37(28)41-38)42(29-13-8-7-9-14-29)35-17-10-11-24-40-35/h7-21,24-26,43H,3-6,22-23H2,1-2H3. The molecule has 0 saturated heterocycles. The number of para-hydroxylation sites is 1. The number of benzene rings is 4. The fourth-order valence-corrected chi connectivity index (χ4v) is 7.07. The number of aromatic hydroxyl groups is 1. The van der Waals surface area contributed by atoms with Crippen LogP contribution in [0.3, 0.4) is 0 Å². The summed E-state index contributed by atoms with van der Waals surface area (Å²) in [5.74, 6) is 1.18. The third-order valence-corrected chi connectivity index (χ3v) is 9.16. The van der Waals surface area contributed by atoms with Gasteiger partial charge in [0.15, 0.2) is 0 Å². The summed E-state index contributed by atoms with van der Waals surface area (Å²) in [6, 6.07) is 35.8. The molecule has 2 aromatic heterocycles. The van der Waals surface area contributed by atoms with Crippen molar-refractivity contribution in [3.63, 3.8) is 0 Å². The van der Waals surface area contributed by atoms with Crippen LogP contribution in [0.1, 0.15) is 63.5 Å². The fraction of sp³-hybridized carbons (Fsp3) is 0.231. The SMILES string of the molecule is CCCCC1(CCCC)c2cc3ccc4ccc(N(c5ccccc5)c5ccccn5)cc4c3nc2-c2c(O)cccc21. The molecule has 43 heavy (non-hydrogen) atoms. The highest BCUT2D eigenvalue weighted by Crippen LogP contribution is 2.56. The van der Waals surface area contributed by atoms with Crippen molar-refractivity contribution in [2.45, 2.75) is 57.8 Å². The molecule has 6 aromatic rings. The summed E-state index contributed by atoms with van der Waals surface area (Å²) in [4.78, 5) is 12.3. The summed E-state index contributed by atoms with van der Waals surface area (Å²) in [7, 11) is 0. The average Bonchev–Trinajstić information content (AvgIpc) is 3.32. The zero-order valence-corrected chi connectivity index (χ0v) is 24.9. The molecule has 4 nitrogen and oxygen atoms in total. The van der Waals surface area contributed by atoms with E-state index in [0.29, 0.717) is 5.75 Å². The number of anilines is 3. The van der Waals surface area contributed by atoms with Crippen LogP contribution < -0.4 is 4.90 Å². The van der Waals surface area contributed by atoms with E-state index in [-0.39, 0.29) is 5.41 Å². The molecular formula is C39H37N3O. The maximum atomic E-state index is 11.3. The van der Waals surface area contributed by atoms with E-state index in [1.54, 1.807) is 0 Å². The summed E-state index contributed by atoms with van der Waals surface area (Å²) >= 11 is 0. The Balaban J connectivity index is 1.47. The summed E-state index contributed by atoms with van der Waals surface area (Å²) in [5, 5.41) is 14.6. The highest BCUT2D eigenvalue weighted by atomic mass is 16.3. The van der Waals surface area contributed by atoms with Gasteiger partial charge >= 0.3 is 0 Å². The van der Waals surface area contributed by atoms with Crippen molar-refractivity contribution < 1.29 is 5.11 Å². The van der Waals surface area contributed by atoms with Crippen LogP contribution in [0.25, 0.3) is 32.9 Å². The monoisotopic (exact) mass is 563 g/mol. The molecular weight excluding hydrogens is 526 g/mol. The van der Waals surface area contributed by atoms with Crippen LogP contribution >= 0.6 is 0 Å². The summed E-state index contributed by atoms with van der Waals surface area (Å²) < 4.78 is 0. The fourth-order valence-electron chi connectivity index (χ4n) is 7.07. The first-order chi connectivity index (χ1) is 21.1. The number of pyridine rings is 2. The van der Waals surface area contributed by atoms with Gasteiger partial charge in [0.2, 0.25) is 0 Å². The van der Waals surface area contributed by atoms with Gasteiger partial charge in [-0.15, -0.1) is 0 Å². The van der Waals surface area contributed by atoms with Gasteiger partial charge < -0.3 is 5.11 Å². The largest absolute Gasteiger partial charge is 0.507 e. The van der Waals surface area contributed by atoms with Gasteiger partial charge in [-0.05, 0) is 77.9 Å². The Morgan fingerprint density at radius 2 is 1.44 bits per heavy atom. The van der Waals surface area contributed by atoms with Crippen LogP contribution in [-0.2, 0) is 5.41 Å². The molecule has 0 radical (unpaired) electrons. The molecule has 2 heterocycles. The lowest BCUT2D eigenvalue weighted by Crippen LogP contribution is -2.25. The van der Waals surface area contributed by atoms with E-state index in [1.807, 2.05) is 42.6 Å². The second-order valence-electron chi connectivity index (χ2n) is 11.8. The Morgan fingerprint density at radius 1 is 0.698 bits per heavy atom. The van der Waals surface area contributed by atoms with Crippen molar-refractivity contribution in [3.8, 4) is 17.0 Å². The number of hydrogen-bond acceptors (Lipinski definition) is 4. The number of unbranched alkanes of at least 4 members (excludes halogenated alkanes) is 2. The van der Waals surface area contributed by atoms with Gasteiger partial charge in [0.05, 0.1) is 11.2 Å². The van der Waals surface area contributed by atoms with Crippen molar-refractivity contribution in [3.05, 3.63) is 120 Å². The van der Waals surface area contributed by atoms with Crippen molar-refractivity contribution in [1.82, 2.24) is 9.97 Å². The third-order valence-electron chi connectivity index (χ3n) is 9.16. The molecule has 0 fully saturated rings. The Morgan fingerprint density at radius 3 is 2.19 bits per heavy atom. The van der Waals surface area contributed by atoms with E-state index in [4.69, 9.17) is 9.97 Å². The van der Waals surface area contributed by atoms with E-state index in [0.717, 1.165) is 88.7 Å². The second-order valence-corrected chi connectivity index (χ2v) is 11.8. The number of phenols is 1. The van der Waals surface area contributed by atoms with E-state index >= 15 is 0 Å². The molecule has 0 atom stereocenters.